The standard InChI is InChI=1S/C19H20FN3O3S2/c1-12-6-8-23(9-7-12)28(24,25)17-11-16(27-13(17)2)19-21-18(22-26-19)14-4-3-5-15(20)10-14/h3-5,10-12H,6-9H2,1-2H3. The Kier molecular flexibility index (Phi) is 5.07. The molecule has 3 heterocycles. The lowest BCUT2D eigenvalue weighted by Crippen LogP contribution is -2.37. The first kappa shape index (κ1) is 19.2. The summed E-state index contributed by atoms with van der Waals surface area (Å²) in [6, 6.07) is 7.51. The largest absolute Gasteiger partial charge is 0.333 e. The van der Waals surface area contributed by atoms with E-state index in [4.69, 9.17) is 4.52 Å². The lowest BCUT2D eigenvalue weighted by molar-refractivity contribution is 0.288. The van der Waals surface area contributed by atoms with Gasteiger partial charge in [-0.25, -0.2) is 12.8 Å². The molecular formula is C19H20FN3O3S2. The molecule has 1 saturated heterocycles. The first-order valence-corrected chi connectivity index (χ1v) is 11.3. The van der Waals surface area contributed by atoms with Gasteiger partial charge in [0.1, 0.15) is 5.82 Å². The zero-order valence-corrected chi connectivity index (χ0v) is 17.2. The van der Waals surface area contributed by atoms with E-state index < -0.39 is 10.0 Å². The summed E-state index contributed by atoms with van der Waals surface area (Å²) in [6.07, 6.45) is 1.74. The van der Waals surface area contributed by atoms with Crippen LogP contribution in [-0.2, 0) is 10.0 Å². The fourth-order valence-electron chi connectivity index (χ4n) is 3.26. The zero-order valence-electron chi connectivity index (χ0n) is 15.6. The van der Waals surface area contributed by atoms with Gasteiger partial charge in [-0.1, -0.05) is 24.2 Å². The smallest absolute Gasteiger partial charge is 0.268 e. The molecule has 1 aromatic carbocycles. The van der Waals surface area contributed by atoms with Crippen molar-refractivity contribution >= 4 is 21.4 Å². The molecule has 0 amide bonds. The van der Waals surface area contributed by atoms with Crippen LogP contribution in [0.1, 0.15) is 24.6 Å². The maximum atomic E-state index is 13.4. The lowest BCUT2D eigenvalue weighted by atomic mass is 10.0. The molecule has 148 valence electrons. The maximum absolute atomic E-state index is 13.4. The van der Waals surface area contributed by atoms with Crippen molar-refractivity contribution in [2.45, 2.75) is 31.6 Å². The molecule has 0 radical (unpaired) electrons. The summed E-state index contributed by atoms with van der Waals surface area (Å²) in [6.45, 7) is 5.00. The average molecular weight is 422 g/mol. The van der Waals surface area contributed by atoms with Crippen LogP contribution in [0.5, 0.6) is 0 Å². The van der Waals surface area contributed by atoms with Crippen LogP contribution < -0.4 is 0 Å². The van der Waals surface area contributed by atoms with Crippen molar-refractivity contribution in [1.82, 2.24) is 14.4 Å². The number of thiophene rings is 1. The summed E-state index contributed by atoms with van der Waals surface area (Å²) >= 11 is 1.29. The number of aryl methyl sites for hydroxylation is 1. The van der Waals surface area contributed by atoms with Gasteiger partial charge in [0.15, 0.2) is 0 Å². The average Bonchev–Trinajstić information content (AvgIpc) is 3.29. The van der Waals surface area contributed by atoms with Crippen LogP contribution in [0, 0.1) is 18.7 Å². The third kappa shape index (κ3) is 3.61. The molecule has 9 heteroatoms. The third-order valence-electron chi connectivity index (χ3n) is 4.95. The highest BCUT2D eigenvalue weighted by Gasteiger charge is 2.31. The molecule has 4 rings (SSSR count). The molecule has 6 nitrogen and oxygen atoms in total. The van der Waals surface area contributed by atoms with E-state index in [9.17, 15) is 12.8 Å². The molecule has 1 aliphatic rings. The highest BCUT2D eigenvalue weighted by atomic mass is 32.2. The maximum Gasteiger partial charge on any atom is 0.268 e. The second-order valence-corrected chi connectivity index (χ2v) is 10.2. The van der Waals surface area contributed by atoms with Crippen molar-refractivity contribution in [3.8, 4) is 22.2 Å². The van der Waals surface area contributed by atoms with Gasteiger partial charge in [-0.05, 0) is 43.9 Å². The van der Waals surface area contributed by atoms with Crippen molar-refractivity contribution in [3.05, 3.63) is 41.0 Å². The Balaban J connectivity index is 1.63. The van der Waals surface area contributed by atoms with Crippen molar-refractivity contribution in [1.29, 1.82) is 0 Å². The van der Waals surface area contributed by atoms with Crippen LogP contribution in [0.15, 0.2) is 39.8 Å². The van der Waals surface area contributed by atoms with Gasteiger partial charge < -0.3 is 4.52 Å². The summed E-state index contributed by atoms with van der Waals surface area (Å²) in [5.41, 5.74) is 0.499. The number of benzene rings is 1. The fraction of sp³-hybridized carbons (Fsp3) is 0.368. The van der Waals surface area contributed by atoms with Crippen LogP contribution in [0.4, 0.5) is 4.39 Å². The Hall–Kier alpha value is -2.10. The van der Waals surface area contributed by atoms with E-state index in [0.717, 1.165) is 12.8 Å². The van der Waals surface area contributed by atoms with Crippen LogP contribution >= 0.6 is 11.3 Å². The van der Waals surface area contributed by atoms with Crippen molar-refractivity contribution in [3.63, 3.8) is 0 Å². The Morgan fingerprint density at radius 2 is 2.00 bits per heavy atom. The minimum Gasteiger partial charge on any atom is -0.333 e. The van der Waals surface area contributed by atoms with E-state index in [2.05, 4.69) is 17.1 Å². The molecule has 2 aromatic heterocycles. The van der Waals surface area contributed by atoms with Crippen LogP contribution in [0.3, 0.4) is 0 Å². The van der Waals surface area contributed by atoms with Crippen molar-refractivity contribution in [2.24, 2.45) is 5.92 Å². The third-order valence-corrected chi connectivity index (χ3v) is 8.14. The fourth-order valence-corrected chi connectivity index (χ4v) is 6.21. The van der Waals surface area contributed by atoms with Crippen molar-refractivity contribution < 1.29 is 17.3 Å². The number of hydrogen-bond donors (Lipinski definition) is 0. The Morgan fingerprint density at radius 1 is 1.25 bits per heavy atom. The molecular weight excluding hydrogens is 401 g/mol. The van der Waals surface area contributed by atoms with E-state index >= 15 is 0 Å². The molecule has 0 unspecified atom stereocenters. The minimum atomic E-state index is -3.55. The van der Waals surface area contributed by atoms with Gasteiger partial charge >= 0.3 is 0 Å². The zero-order chi connectivity index (χ0) is 19.9. The number of halogens is 1. The van der Waals surface area contributed by atoms with Crippen LogP contribution in [0.25, 0.3) is 22.2 Å². The van der Waals surface area contributed by atoms with Gasteiger partial charge in [-0.15, -0.1) is 11.3 Å². The van der Waals surface area contributed by atoms with Gasteiger partial charge in [-0.2, -0.15) is 9.29 Å². The molecule has 1 aliphatic heterocycles. The van der Waals surface area contributed by atoms with Crippen LogP contribution in [-0.4, -0.2) is 36.0 Å². The lowest BCUT2D eigenvalue weighted by Gasteiger charge is -2.29. The van der Waals surface area contributed by atoms with E-state index in [1.165, 1.54) is 23.5 Å². The number of rotatable bonds is 4. The molecule has 0 bridgehead atoms. The summed E-state index contributed by atoms with van der Waals surface area (Å²) in [5, 5.41) is 3.90. The molecule has 1 fully saturated rings. The number of hydrogen-bond acceptors (Lipinski definition) is 6. The van der Waals surface area contributed by atoms with Crippen LogP contribution in [0.2, 0.25) is 0 Å². The van der Waals surface area contributed by atoms with E-state index in [-0.39, 0.29) is 22.4 Å². The summed E-state index contributed by atoms with van der Waals surface area (Å²) in [5.74, 6) is 0.640. The predicted molar refractivity (Wildman–Crippen MR) is 105 cm³/mol. The Bertz CT molecular complexity index is 1100. The number of piperidine rings is 1. The molecule has 0 N–H and O–H groups in total. The SMILES string of the molecule is Cc1sc(-c2nc(-c3cccc(F)c3)no2)cc1S(=O)(=O)N1CCC(C)CC1. The first-order valence-electron chi connectivity index (χ1n) is 9.05. The van der Waals surface area contributed by atoms with Gasteiger partial charge in [0.25, 0.3) is 5.89 Å². The normalized spacial score (nSPS) is 16.5. The Morgan fingerprint density at radius 3 is 2.71 bits per heavy atom. The quantitative estimate of drug-likeness (QED) is 0.627. The number of aromatic nitrogens is 2. The predicted octanol–water partition coefficient (Wildman–Crippen LogP) is 4.33. The van der Waals surface area contributed by atoms with E-state index in [1.807, 2.05) is 0 Å². The second kappa shape index (κ2) is 7.38. The first-order chi connectivity index (χ1) is 13.3. The summed E-state index contributed by atoms with van der Waals surface area (Å²) < 4.78 is 46.4. The van der Waals surface area contributed by atoms with E-state index in [1.54, 1.807) is 29.4 Å². The van der Waals surface area contributed by atoms with E-state index in [0.29, 0.717) is 34.3 Å². The van der Waals surface area contributed by atoms with Gasteiger partial charge in [0, 0.05) is 23.5 Å². The van der Waals surface area contributed by atoms with Gasteiger partial charge in [0.05, 0.1) is 9.77 Å². The molecule has 0 atom stereocenters. The van der Waals surface area contributed by atoms with Gasteiger partial charge in [0.2, 0.25) is 15.8 Å². The summed E-state index contributed by atoms with van der Waals surface area (Å²) in [7, 11) is -3.55. The molecule has 28 heavy (non-hydrogen) atoms. The molecule has 0 aliphatic carbocycles. The highest BCUT2D eigenvalue weighted by molar-refractivity contribution is 7.89. The van der Waals surface area contributed by atoms with Crippen molar-refractivity contribution in [2.75, 3.05) is 13.1 Å². The summed E-state index contributed by atoms with van der Waals surface area (Å²) in [4.78, 5) is 5.85. The molecule has 0 saturated carbocycles. The van der Waals surface area contributed by atoms with Gasteiger partial charge in [-0.3, -0.25) is 0 Å². The highest BCUT2D eigenvalue weighted by Crippen LogP contribution is 2.35. The topological polar surface area (TPSA) is 76.3 Å². The monoisotopic (exact) mass is 421 g/mol. The second-order valence-electron chi connectivity index (χ2n) is 7.05. The number of nitrogens with zero attached hydrogens (tertiary/aromatic N) is 3. The molecule has 3 aromatic rings. The number of sulfonamides is 1. The molecule has 0 spiro atoms. The Labute approximate surface area is 167 Å². The minimum absolute atomic E-state index is 0.223.